The fourth-order valence-corrected chi connectivity index (χ4v) is 3.55. The maximum atomic E-state index is 12.3. The number of carbonyl (C=O) groups is 2. The number of fused-ring (bicyclic) bond motifs is 1. The molecule has 1 saturated heterocycles. The maximum absolute atomic E-state index is 12.3. The second-order valence-corrected chi connectivity index (χ2v) is 6.68. The number of likely N-dealkylation sites (tertiary alicyclic amines) is 1. The second-order valence-electron chi connectivity index (χ2n) is 5.69. The van der Waals surface area contributed by atoms with E-state index in [9.17, 15) is 9.59 Å². The molecule has 0 aliphatic carbocycles. The van der Waals surface area contributed by atoms with Crippen molar-refractivity contribution < 1.29 is 9.59 Å². The highest BCUT2D eigenvalue weighted by Gasteiger charge is 2.25. The molecule has 1 aromatic heterocycles. The number of primary amides is 1. The van der Waals surface area contributed by atoms with Gasteiger partial charge in [-0.2, -0.15) is 0 Å². The Morgan fingerprint density at radius 2 is 1.91 bits per heavy atom. The first-order valence-corrected chi connectivity index (χ1v) is 8.68. The van der Waals surface area contributed by atoms with Crippen molar-refractivity contribution >= 4 is 34.5 Å². The molecule has 6 heteroatoms. The molecule has 0 bridgehead atoms. The van der Waals surface area contributed by atoms with E-state index in [2.05, 4.69) is 4.98 Å². The standard InChI is InChI=1S/C17H19N3O2S/c18-17(22)13-7-9-20(10-8-13)16(21)11-23-15-6-5-12-3-1-2-4-14(12)19-15/h1-6,13H,7-11H2,(H2,18,22). The second kappa shape index (κ2) is 7.00. The van der Waals surface area contributed by atoms with Crippen molar-refractivity contribution in [3.63, 3.8) is 0 Å². The summed E-state index contributed by atoms with van der Waals surface area (Å²) in [6, 6.07) is 11.9. The molecule has 120 valence electrons. The Balaban J connectivity index is 1.55. The smallest absolute Gasteiger partial charge is 0.232 e. The quantitative estimate of drug-likeness (QED) is 0.871. The molecule has 23 heavy (non-hydrogen) atoms. The summed E-state index contributed by atoms with van der Waals surface area (Å²) in [5.41, 5.74) is 6.25. The highest BCUT2D eigenvalue weighted by molar-refractivity contribution is 7.99. The van der Waals surface area contributed by atoms with Crippen LogP contribution in [0.2, 0.25) is 0 Å². The van der Waals surface area contributed by atoms with Gasteiger partial charge in [0.25, 0.3) is 0 Å². The van der Waals surface area contributed by atoms with Gasteiger partial charge in [0.2, 0.25) is 11.8 Å². The molecule has 0 radical (unpaired) electrons. The van der Waals surface area contributed by atoms with Crippen LogP contribution < -0.4 is 5.73 Å². The molecule has 1 aromatic carbocycles. The van der Waals surface area contributed by atoms with Gasteiger partial charge in [-0.25, -0.2) is 4.98 Å². The molecule has 0 saturated carbocycles. The van der Waals surface area contributed by atoms with Gasteiger partial charge in [-0.3, -0.25) is 9.59 Å². The van der Waals surface area contributed by atoms with Crippen LogP contribution in [-0.4, -0.2) is 40.5 Å². The molecule has 2 amide bonds. The number of benzene rings is 1. The summed E-state index contributed by atoms with van der Waals surface area (Å²) in [6.45, 7) is 1.22. The molecule has 0 spiro atoms. The third-order valence-corrected chi connectivity index (χ3v) is 5.08. The fraction of sp³-hybridized carbons (Fsp3) is 0.353. The Morgan fingerprint density at radius 3 is 2.65 bits per heavy atom. The minimum Gasteiger partial charge on any atom is -0.369 e. The third kappa shape index (κ3) is 3.82. The molecule has 1 fully saturated rings. The van der Waals surface area contributed by atoms with Crippen molar-refractivity contribution in [2.45, 2.75) is 17.9 Å². The van der Waals surface area contributed by atoms with Crippen LogP contribution in [0, 0.1) is 5.92 Å². The zero-order valence-corrected chi connectivity index (χ0v) is 13.6. The zero-order valence-electron chi connectivity index (χ0n) is 12.8. The van der Waals surface area contributed by atoms with Crippen LogP contribution in [0.4, 0.5) is 0 Å². The molecule has 2 heterocycles. The predicted octanol–water partition coefficient (Wildman–Crippen LogP) is 2.05. The Labute approximate surface area is 139 Å². The molecule has 0 atom stereocenters. The summed E-state index contributed by atoms with van der Waals surface area (Å²) in [5, 5.41) is 1.95. The van der Waals surface area contributed by atoms with Gasteiger partial charge in [0, 0.05) is 24.4 Å². The lowest BCUT2D eigenvalue weighted by molar-refractivity contribution is -0.132. The monoisotopic (exact) mass is 329 g/mol. The van der Waals surface area contributed by atoms with E-state index >= 15 is 0 Å². The normalized spacial score (nSPS) is 15.7. The van der Waals surface area contributed by atoms with E-state index < -0.39 is 0 Å². The van der Waals surface area contributed by atoms with Crippen molar-refractivity contribution in [1.82, 2.24) is 9.88 Å². The number of hydrogen-bond donors (Lipinski definition) is 1. The number of hydrogen-bond acceptors (Lipinski definition) is 4. The lowest BCUT2D eigenvalue weighted by atomic mass is 9.96. The first kappa shape index (κ1) is 15.8. The van der Waals surface area contributed by atoms with Crippen molar-refractivity contribution in [3.8, 4) is 0 Å². The number of rotatable bonds is 4. The Morgan fingerprint density at radius 1 is 1.17 bits per heavy atom. The Hall–Kier alpha value is -2.08. The first-order chi connectivity index (χ1) is 11.1. The van der Waals surface area contributed by atoms with Gasteiger partial charge in [-0.1, -0.05) is 36.0 Å². The van der Waals surface area contributed by atoms with Gasteiger partial charge in [-0.05, 0) is 25.0 Å². The summed E-state index contributed by atoms with van der Waals surface area (Å²) in [4.78, 5) is 29.8. The Kier molecular flexibility index (Phi) is 4.81. The van der Waals surface area contributed by atoms with Crippen molar-refractivity contribution in [2.24, 2.45) is 11.7 Å². The largest absolute Gasteiger partial charge is 0.369 e. The number of carbonyl (C=O) groups excluding carboxylic acids is 2. The summed E-state index contributed by atoms with van der Waals surface area (Å²) >= 11 is 1.45. The molecule has 2 N–H and O–H groups in total. The summed E-state index contributed by atoms with van der Waals surface area (Å²) in [6.07, 6.45) is 1.33. The Bertz CT molecular complexity index is 727. The molecule has 1 aliphatic heterocycles. The number of nitrogens with two attached hydrogens (primary N) is 1. The van der Waals surface area contributed by atoms with Gasteiger partial charge in [-0.15, -0.1) is 0 Å². The van der Waals surface area contributed by atoms with Crippen LogP contribution in [0.15, 0.2) is 41.4 Å². The van der Waals surface area contributed by atoms with Crippen molar-refractivity contribution in [3.05, 3.63) is 36.4 Å². The topological polar surface area (TPSA) is 76.3 Å². The molecule has 0 unspecified atom stereocenters. The van der Waals surface area contributed by atoms with E-state index in [1.165, 1.54) is 11.8 Å². The number of para-hydroxylation sites is 1. The minimum absolute atomic E-state index is 0.0890. The molecule has 2 aromatic rings. The highest BCUT2D eigenvalue weighted by atomic mass is 32.2. The van der Waals surface area contributed by atoms with Crippen LogP contribution in [0.1, 0.15) is 12.8 Å². The molecular weight excluding hydrogens is 310 g/mol. The molecule has 5 nitrogen and oxygen atoms in total. The zero-order chi connectivity index (χ0) is 16.2. The summed E-state index contributed by atoms with van der Waals surface area (Å²) in [7, 11) is 0. The lowest BCUT2D eigenvalue weighted by Gasteiger charge is -2.30. The van der Waals surface area contributed by atoms with E-state index in [1.54, 1.807) is 0 Å². The molecule has 1 aliphatic rings. The van der Waals surface area contributed by atoms with Crippen LogP contribution in [-0.2, 0) is 9.59 Å². The summed E-state index contributed by atoms with van der Waals surface area (Å²) in [5.74, 6) is 0.112. The average molecular weight is 329 g/mol. The lowest BCUT2D eigenvalue weighted by Crippen LogP contribution is -2.42. The first-order valence-electron chi connectivity index (χ1n) is 7.69. The van der Waals surface area contributed by atoms with Crippen molar-refractivity contribution in [1.29, 1.82) is 0 Å². The third-order valence-electron chi connectivity index (χ3n) is 4.17. The van der Waals surface area contributed by atoms with E-state index in [-0.39, 0.29) is 17.7 Å². The van der Waals surface area contributed by atoms with E-state index in [0.29, 0.717) is 31.7 Å². The number of amides is 2. The van der Waals surface area contributed by atoms with E-state index in [4.69, 9.17) is 5.73 Å². The van der Waals surface area contributed by atoms with Gasteiger partial charge in [0.15, 0.2) is 0 Å². The maximum Gasteiger partial charge on any atom is 0.232 e. The van der Waals surface area contributed by atoms with Gasteiger partial charge in [0.05, 0.1) is 16.3 Å². The SMILES string of the molecule is NC(=O)C1CCN(C(=O)CSc2ccc3ccccc3n2)CC1. The molecular formula is C17H19N3O2S. The van der Waals surface area contributed by atoms with Gasteiger partial charge in [0.1, 0.15) is 0 Å². The van der Waals surface area contributed by atoms with Crippen LogP contribution in [0.5, 0.6) is 0 Å². The minimum atomic E-state index is -0.258. The fourth-order valence-electron chi connectivity index (χ4n) is 2.77. The number of aromatic nitrogens is 1. The predicted molar refractivity (Wildman–Crippen MR) is 91.0 cm³/mol. The van der Waals surface area contributed by atoms with Crippen molar-refractivity contribution in [2.75, 3.05) is 18.8 Å². The van der Waals surface area contributed by atoms with Crippen LogP contribution in [0.25, 0.3) is 10.9 Å². The summed E-state index contributed by atoms with van der Waals surface area (Å²) < 4.78 is 0. The highest BCUT2D eigenvalue weighted by Crippen LogP contribution is 2.22. The van der Waals surface area contributed by atoms with Crippen LogP contribution in [0.3, 0.4) is 0 Å². The molecule has 3 rings (SSSR count). The van der Waals surface area contributed by atoms with E-state index in [1.807, 2.05) is 41.3 Å². The van der Waals surface area contributed by atoms with Gasteiger partial charge < -0.3 is 10.6 Å². The number of pyridine rings is 1. The van der Waals surface area contributed by atoms with Gasteiger partial charge >= 0.3 is 0 Å². The van der Waals surface area contributed by atoms with Crippen LogP contribution >= 0.6 is 11.8 Å². The van der Waals surface area contributed by atoms with E-state index in [0.717, 1.165) is 15.9 Å². The number of thioether (sulfide) groups is 1. The number of nitrogens with zero attached hydrogens (tertiary/aromatic N) is 2. The average Bonchev–Trinajstić information content (AvgIpc) is 2.59. The number of piperidine rings is 1.